The largest absolute Gasteiger partial charge is 0.444 e. The van der Waals surface area contributed by atoms with Crippen LogP contribution in [-0.4, -0.2) is 27.4 Å². The van der Waals surface area contributed by atoms with Gasteiger partial charge in [0.05, 0.1) is 10.7 Å². The van der Waals surface area contributed by atoms with Crippen molar-refractivity contribution in [2.75, 3.05) is 0 Å². The Morgan fingerprint density at radius 1 is 1.32 bits per heavy atom. The van der Waals surface area contributed by atoms with Gasteiger partial charge in [-0.1, -0.05) is 11.6 Å². The molecule has 0 saturated carbocycles. The van der Waals surface area contributed by atoms with E-state index in [1.165, 1.54) is 0 Å². The molecule has 6 nitrogen and oxygen atoms in total. The summed E-state index contributed by atoms with van der Waals surface area (Å²) < 4.78 is 6.88. The molecule has 0 aromatic carbocycles. The zero-order valence-electron chi connectivity index (χ0n) is 12.9. The molecule has 0 saturated heterocycles. The molecule has 0 aliphatic heterocycles. The number of hydrogen-bond acceptors (Lipinski definition) is 4. The number of nitrogens with one attached hydrogen (secondary N) is 1. The molecule has 1 amide bonds. The Morgan fingerprint density at radius 3 is 2.59 bits per heavy atom. The molecule has 2 aromatic heterocycles. The molecule has 118 valence electrons. The van der Waals surface area contributed by atoms with Crippen LogP contribution >= 0.6 is 11.6 Å². The molecule has 0 aliphatic carbocycles. The number of amides is 1. The number of rotatable bonds is 3. The summed E-state index contributed by atoms with van der Waals surface area (Å²) in [5.74, 6) is 0. The van der Waals surface area contributed by atoms with Gasteiger partial charge in [-0.25, -0.2) is 9.78 Å². The number of alkyl carbamates (subject to hydrolysis) is 1. The third-order valence-corrected chi connectivity index (χ3v) is 3.17. The molecular formula is C15H18ClN3O3. The molecule has 0 spiro atoms. The highest BCUT2D eigenvalue weighted by Crippen LogP contribution is 2.21. The van der Waals surface area contributed by atoms with Crippen molar-refractivity contribution in [3.05, 3.63) is 35.2 Å². The third kappa shape index (κ3) is 3.57. The topological polar surface area (TPSA) is 72.7 Å². The molecule has 0 bridgehead atoms. The van der Waals surface area contributed by atoms with Crippen LogP contribution in [0.4, 0.5) is 4.79 Å². The maximum absolute atomic E-state index is 11.9. The van der Waals surface area contributed by atoms with E-state index >= 15 is 0 Å². The van der Waals surface area contributed by atoms with E-state index < -0.39 is 17.2 Å². The molecule has 1 atom stereocenters. The molecule has 7 heteroatoms. The number of imidazole rings is 1. The minimum Gasteiger partial charge on any atom is -0.444 e. The number of aromatic nitrogens is 2. The minimum atomic E-state index is -1.29. The van der Waals surface area contributed by atoms with Crippen molar-refractivity contribution in [3.8, 4) is 0 Å². The highest BCUT2D eigenvalue weighted by molar-refractivity contribution is 6.30. The zero-order chi connectivity index (χ0) is 16.5. The van der Waals surface area contributed by atoms with Crippen molar-refractivity contribution >= 4 is 29.6 Å². The molecule has 0 aliphatic rings. The van der Waals surface area contributed by atoms with Gasteiger partial charge in [0.15, 0.2) is 6.29 Å². The Balaban J connectivity index is 2.31. The lowest BCUT2D eigenvalue weighted by Crippen LogP contribution is -2.47. The summed E-state index contributed by atoms with van der Waals surface area (Å²) in [5, 5.41) is 3.10. The highest BCUT2D eigenvalue weighted by Gasteiger charge is 2.33. The lowest BCUT2D eigenvalue weighted by atomic mass is 10.0. The molecule has 1 unspecified atom stereocenters. The van der Waals surface area contributed by atoms with Crippen molar-refractivity contribution in [3.63, 3.8) is 0 Å². The lowest BCUT2D eigenvalue weighted by molar-refractivity contribution is -0.113. The van der Waals surface area contributed by atoms with Crippen molar-refractivity contribution in [1.82, 2.24) is 14.7 Å². The monoisotopic (exact) mass is 323 g/mol. The third-order valence-electron chi connectivity index (χ3n) is 2.94. The fraction of sp³-hybridized carbons (Fsp3) is 0.400. The first kappa shape index (κ1) is 16.3. The molecule has 0 radical (unpaired) electrons. The molecular weight excluding hydrogens is 306 g/mol. The first-order valence-electron chi connectivity index (χ1n) is 6.75. The summed E-state index contributed by atoms with van der Waals surface area (Å²) in [4.78, 5) is 27.8. The summed E-state index contributed by atoms with van der Waals surface area (Å²) in [6.45, 7) is 6.81. The van der Waals surface area contributed by atoms with Crippen molar-refractivity contribution in [2.24, 2.45) is 0 Å². The molecule has 2 aromatic rings. The molecule has 0 fully saturated rings. The standard InChI is InChI=1S/C15H18ClN3O3/c1-14(2,3)22-13(21)18-15(4,9-20)11-8-19-7-10(16)5-6-12(19)17-11/h5-9H,1-4H3,(H,18,21). The van der Waals surface area contributed by atoms with E-state index in [-0.39, 0.29) is 0 Å². The number of halogens is 1. The van der Waals surface area contributed by atoms with E-state index in [0.29, 0.717) is 22.6 Å². The Kier molecular flexibility index (Phi) is 4.15. The maximum Gasteiger partial charge on any atom is 0.408 e. The van der Waals surface area contributed by atoms with Crippen LogP contribution in [0.1, 0.15) is 33.4 Å². The Morgan fingerprint density at radius 2 is 2.00 bits per heavy atom. The fourth-order valence-corrected chi connectivity index (χ4v) is 2.05. The Labute approximate surface area is 133 Å². The van der Waals surface area contributed by atoms with E-state index in [2.05, 4.69) is 10.3 Å². The van der Waals surface area contributed by atoms with Gasteiger partial charge in [0.25, 0.3) is 0 Å². The smallest absolute Gasteiger partial charge is 0.408 e. The van der Waals surface area contributed by atoms with Gasteiger partial charge < -0.3 is 19.2 Å². The number of ether oxygens (including phenoxy) is 1. The van der Waals surface area contributed by atoms with Gasteiger partial charge in [0, 0.05) is 12.4 Å². The van der Waals surface area contributed by atoms with Crippen LogP contribution in [0.3, 0.4) is 0 Å². The number of pyridine rings is 1. The molecule has 1 N–H and O–H groups in total. The summed E-state index contributed by atoms with van der Waals surface area (Å²) in [6.07, 6.45) is 3.26. The second kappa shape index (κ2) is 5.61. The van der Waals surface area contributed by atoms with Crippen LogP contribution in [-0.2, 0) is 15.1 Å². The van der Waals surface area contributed by atoms with Gasteiger partial charge >= 0.3 is 6.09 Å². The summed E-state index contributed by atoms with van der Waals surface area (Å²) in [7, 11) is 0. The van der Waals surface area contributed by atoms with E-state index in [0.717, 1.165) is 0 Å². The van der Waals surface area contributed by atoms with E-state index in [1.54, 1.807) is 56.6 Å². The lowest BCUT2D eigenvalue weighted by Gasteiger charge is -2.26. The average Bonchev–Trinajstić information content (AvgIpc) is 2.79. The molecule has 22 heavy (non-hydrogen) atoms. The summed E-state index contributed by atoms with van der Waals surface area (Å²) in [6, 6.07) is 3.43. The quantitative estimate of drug-likeness (QED) is 0.881. The predicted molar refractivity (Wildman–Crippen MR) is 83.0 cm³/mol. The van der Waals surface area contributed by atoms with Crippen molar-refractivity contribution in [2.45, 2.75) is 38.8 Å². The first-order valence-corrected chi connectivity index (χ1v) is 7.13. The number of carbonyl (C=O) groups excluding carboxylic acids is 2. The van der Waals surface area contributed by atoms with Gasteiger partial charge in [0.1, 0.15) is 16.8 Å². The van der Waals surface area contributed by atoms with Crippen LogP contribution in [0.2, 0.25) is 5.02 Å². The normalized spacial score (nSPS) is 14.4. The number of carbonyl (C=O) groups is 2. The highest BCUT2D eigenvalue weighted by atomic mass is 35.5. The minimum absolute atomic E-state index is 0.399. The Bertz CT molecular complexity index is 720. The Hall–Kier alpha value is -2.08. The van der Waals surface area contributed by atoms with Gasteiger partial charge in [0.2, 0.25) is 0 Å². The second-order valence-corrected chi connectivity index (χ2v) is 6.62. The number of fused-ring (bicyclic) bond motifs is 1. The van der Waals surface area contributed by atoms with Crippen molar-refractivity contribution in [1.29, 1.82) is 0 Å². The van der Waals surface area contributed by atoms with E-state index in [4.69, 9.17) is 16.3 Å². The number of aldehydes is 1. The number of hydrogen-bond donors (Lipinski definition) is 1. The van der Waals surface area contributed by atoms with Gasteiger partial charge in [-0.2, -0.15) is 0 Å². The average molecular weight is 324 g/mol. The van der Waals surface area contributed by atoms with Crippen LogP contribution in [0, 0.1) is 0 Å². The van der Waals surface area contributed by atoms with Gasteiger partial charge in [-0.3, -0.25) is 0 Å². The maximum atomic E-state index is 11.9. The fourth-order valence-electron chi connectivity index (χ4n) is 1.88. The zero-order valence-corrected chi connectivity index (χ0v) is 13.6. The summed E-state index contributed by atoms with van der Waals surface area (Å²) >= 11 is 5.93. The first-order chi connectivity index (χ1) is 10.1. The number of nitrogens with zero attached hydrogens (tertiary/aromatic N) is 2. The van der Waals surface area contributed by atoms with Crippen molar-refractivity contribution < 1.29 is 14.3 Å². The van der Waals surface area contributed by atoms with Gasteiger partial charge in [-0.15, -0.1) is 0 Å². The van der Waals surface area contributed by atoms with Crippen LogP contribution in [0.5, 0.6) is 0 Å². The molecule has 2 rings (SSSR count). The van der Waals surface area contributed by atoms with Crippen LogP contribution in [0.15, 0.2) is 24.5 Å². The second-order valence-electron chi connectivity index (χ2n) is 6.19. The van der Waals surface area contributed by atoms with E-state index in [9.17, 15) is 9.59 Å². The van der Waals surface area contributed by atoms with Gasteiger partial charge in [-0.05, 0) is 39.8 Å². The SMILES string of the molecule is CC(C)(C)OC(=O)NC(C)(C=O)c1cn2cc(Cl)ccc2n1. The van der Waals surface area contributed by atoms with E-state index in [1.807, 2.05) is 0 Å². The predicted octanol–water partition coefficient (Wildman–Crippen LogP) is 2.93. The van der Waals surface area contributed by atoms with Crippen LogP contribution in [0.25, 0.3) is 5.65 Å². The molecule has 2 heterocycles. The van der Waals surface area contributed by atoms with Crippen LogP contribution < -0.4 is 5.32 Å². The summed E-state index contributed by atoms with van der Waals surface area (Å²) in [5.41, 5.74) is -0.921.